The third kappa shape index (κ3) is 1.76. The van der Waals surface area contributed by atoms with Gasteiger partial charge in [0.1, 0.15) is 11.3 Å². The van der Waals surface area contributed by atoms with Crippen LogP contribution in [0.1, 0.15) is 5.56 Å². The van der Waals surface area contributed by atoms with E-state index in [-0.39, 0.29) is 5.82 Å². The van der Waals surface area contributed by atoms with Gasteiger partial charge in [-0.2, -0.15) is 0 Å². The molecule has 90 valence electrons. The second kappa shape index (κ2) is 4.23. The van der Waals surface area contributed by atoms with Gasteiger partial charge in [-0.1, -0.05) is 24.3 Å². The molecule has 3 nitrogen and oxygen atoms in total. The Hall–Kier alpha value is -2.20. The molecule has 1 aromatic heterocycles. The van der Waals surface area contributed by atoms with Crippen LogP contribution < -0.4 is 5.73 Å². The number of H-pyrrole nitrogens is 1. The number of aromatic amines is 1. The molecule has 0 atom stereocenters. The molecule has 0 spiro atoms. The number of halogens is 1. The molecular formula is C14H12FN3. The summed E-state index contributed by atoms with van der Waals surface area (Å²) in [5.41, 5.74) is 8.60. The van der Waals surface area contributed by atoms with Crippen LogP contribution in [0.3, 0.4) is 0 Å². The van der Waals surface area contributed by atoms with Gasteiger partial charge in [0.15, 0.2) is 5.82 Å². The number of benzene rings is 2. The Labute approximate surface area is 103 Å². The zero-order chi connectivity index (χ0) is 12.5. The van der Waals surface area contributed by atoms with Gasteiger partial charge in [-0.05, 0) is 23.8 Å². The smallest absolute Gasteiger partial charge is 0.151 e. The third-order valence-electron chi connectivity index (χ3n) is 2.90. The molecule has 2 aromatic carbocycles. The van der Waals surface area contributed by atoms with E-state index in [0.29, 0.717) is 23.4 Å². The highest BCUT2D eigenvalue weighted by Gasteiger charge is 2.08. The fourth-order valence-corrected chi connectivity index (χ4v) is 1.98. The van der Waals surface area contributed by atoms with E-state index < -0.39 is 0 Å². The Balaban J connectivity index is 2.16. The molecular weight excluding hydrogens is 229 g/mol. The first-order valence-electron chi connectivity index (χ1n) is 5.71. The molecule has 0 aliphatic heterocycles. The van der Waals surface area contributed by atoms with E-state index in [1.807, 2.05) is 30.3 Å². The van der Waals surface area contributed by atoms with Gasteiger partial charge in [-0.15, -0.1) is 0 Å². The zero-order valence-corrected chi connectivity index (χ0v) is 9.65. The number of nitrogens with two attached hydrogens (primary N) is 1. The molecule has 3 aromatic rings. The van der Waals surface area contributed by atoms with E-state index in [9.17, 15) is 4.39 Å². The molecule has 0 saturated carbocycles. The number of rotatable bonds is 2. The van der Waals surface area contributed by atoms with Crippen molar-refractivity contribution < 1.29 is 4.39 Å². The Morgan fingerprint density at radius 3 is 2.78 bits per heavy atom. The first-order valence-corrected chi connectivity index (χ1v) is 5.71. The van der Waals surface area contributed by atoms with Crippen molar-refractivity contribution in [1.29, 1.82) is 0 Å². The van der Waals surface area contributed by atoms with Gasteiger partial charge in [-0.25, -0.2) is 9.37 Å². The predicted octanol–water partition coefficient (Wildman–Crippen LogP) is 2.83. The molecule has 3 rings (SSSR count). The van der Waals surface area contributed by atoms with E-state index in [0.717, 1.165) is 11.1 Å². The molecule has 4 heteroatoms. The first-order chi connectivity index (χ1) is 8.78. The van der Waals surface area contributed by atoms with Crippen molar-refractivity contribution in [3.63, 3.8) is 0 Å². The standard InChI is InChI=1S/C14H12FN3/c15-11-5-2-6-12-13(11)18-14(17-12)10-4-1-3-9(7-10)8-16/h1-7H,8,16H2,(H,17,18). The minimum atomic E-state index is -0.315. The van der Waals surface area contributed by atoms with Crippen LogP contribution in [-0.2, 0) is 6.54 Å². The van der Waals surface area contributed by atoms with Crippen LogP contribution in [0.5, 0.6) is 0 Å². The van der Waals surface area contributed by atoms with Crippen LogP contribution >= 0.6 is 0 Å². The Morgan fingerprint density at radius 1 is 1.17 bits per heavy atom. The number of aromatic nitrogens is 2. The molecule has 0 saturated heterocycles. The summed E-state index contributed by atoms with van der Waals surface area (Å²) < 4.78 is 13.6. The number of hydrogen-bond donors (Lipinski definition) is 2. The van der Waals surface area contributed by atoms with Gasteiger partial charge in [-0.3, -0.25) is 0 Å². The second-order valence-electron chi connectivity index (χ2n) is 4.13. The van der Waals surface area contributed by atoms with Crippen LogP contribution in [0.15, 0.2) is 42.5 Å². The van der Waals surface area contributed by atoms with Crippen molar-refractivity contribution in [2.45, 2.75) is 6.54 Å². The summed E-state index contributed by atoms with van der Waals surface area (Å²) in [6, 6.07) is 12.6. The number of fused-ring (bicyclic) bond motifs is 1. The molecule has 0 amide bonds. The Morgan fingerprint density at radius 2 is 2.00 bits per heavy atom. The first kappa shape index (κ1) is 10.9. The molecule has 0 bridgehead atoms. The Kier molecular flexibility index (Phi) is 2.57. The minimum Gasteiger partial charge on any atom is -0.338 e. The number of para-hydroxylation sites is 1. The van der Waals surface area contributed by atoms with E-state index in [2.05, 4.69) is 9.97 Å². The van der Waals surface area contributed by atoms with Gasteiger partial charge < -0.3 is 10.7 Å². The zero-order valence-electron chi connectivity index (χ0n) is 9.65. The maximum atomic E-state index is 13.6. The molecule has 3 N–H and O–H groups in total. The van der Waals surface area contributed by atoms with Crippen molar-refractivity contribution in [1.82, 2.24) is 9.97 Å². The van der Waals surface area contributed by atoms with E-state index in [4.69, 9.17) is 5.73 Å². The van der Waals surface area contributed by atoms with Crippen LogP contribution in [0.2, 0.25) is 0 Å². The number of nitrogens with one attached hydrogen (secondary N) is 1. The van der Waals surface area contributed by atoms with Crippen LogP contribution in [0.4, 0.5) is 4.39 Å². The minimum absolute atomic E-state index is 0.315. The van der Waals surface area contributed by atoms with E-state index in [1.165, 1.54) is 6.07 Å². The fraction of sp³-hybridized carbons (Fsp3) is 0.0714. The largest absolute Gasteiger partial charge is 0.338 e. The van der Waals surface area contributed by atoms with Crippen LogP contribution in [-0.4, -0.2) is 9.97 Å². The summed E-state index contributed by atoms with van der Waals surface area (Å²) in [6.07, 6.45) is 0. The van der Waals surface area contributed by atoms with Crippen molar-refractivity contribution in [2.75, 3.05) is 0 Å². The van der Waals surface area contributed by atoms with Crippen molar-refractivity contribution in [3.05, 3.63) is 53.8 Å². The molecule has 18 heavy (non-hydrogen) atoms. The second-order valence-corrected chi connectivity index (χ2v) is 4.13. The molecule has 0 unspecified atom stereocenters. The molecule has 0 aliphatic rings. The number of nitrogens with zero attached hydrogens (tertiary/aromatic N) is 1. The number of imidazole rings is 1. The van der Waals surface area contributed by atoms with Gasteiger partial charge >= 0.3 is 0 Å². The lowest BCUT2D eigenvalue weighted by atomic mass is 10.1. The van der Waals surface area contributed by atoms with Crippen molar-refractivity contribution in [2.24, 2.45) is 5.73 Å². The Bertz CT molecular complexity index is 703. The maximum Gasteiger partial charge on any atom is 0.151 e. The highest BCUT2D eigenvalue weighted by molar-refractivity contribution is 5.79. The summed E-state index contributed by atoms with van der Waals surface area (Å²) in [5, 5.41) is 0. The lowest BCUT2D eigenvalue weighted by molar-refractivity contribution is 0.637. The highest BCUT2D eigenvalue weighted by Crippen LogP contribution is 2.22. The summed E-state index contributed by atoms with van der Waals surface area (Å²) >= 11 is 0. The normalized spacial score (nSPS) is 11.0. The number of hydrogen-bond acceptors (Lipinski definition) is 2. The predicted molar refractivity (Wildman–Crippen MR) is 69.4 cm³/mol. The lowest BCUT2D eigenvalue weighted by Gasteiger charge is -1.99. The van der Waals surface area contributed by atoms with Gasteiger partial charge in [0.2, 0.25) is 0 Å². The summed E-state index contributed by atoms with van der Waals surface area (Å²) in [7, 11) is 0. The topological polar surface area (TPSA) is 54.7 Å². The molecule has 0 radical (unpaired) electrons. The van der Waals surface area contributed by atoms with Gasteiger partial charge in [0.25, 0.3) is 0 Å². The van der Waals surface area contributed by atoms with Gasteiger partial charge in [0.05, 0.1) is 5.52 Å². The highest BCUT2D eigenvalue weighted by atomic mass is 19.1. The van der Waals surface area contributed by atoms with Gasteiger partial charge in [0, 0.05) is 12.1 Å². The average Bonchev–Trinajstić information content (AvgIpc) is 2.84. The maximum absolute atomic E-state index is 13.6. The van der Waals surface area contributed by atoms with E-state index >= 15 is 0 Å². The quantitative estimate of drug-likeness (QED) is 0.724. The molecule has 0 fully saturated rings. The third-order valence-corrected chi connectivity index (χ3v) is 2.90. The fourth-order valence-electron chi connectivity index (χ4n) is 1.98. The summed E-state index contributed by atoms with van der Waals surface area (Å²) in [4.78, 5) is 7.40. The van der Waals surface area contributed by atoms with E-state index in [1.54, 1.807) is 6.07 Å². The lowest BCUT2D eigenvalue weighted by Crippen LogP contribution is -1.95. The van der Waals surface area contributed by atoms with Crippen molar-refractivity contribution >= 4 is 11.0 Å². The van der Waals surface area contributed by atoms with Crippen LogP contribution in [0, 0.1) is 5.82 Å². The average molecular weight is 241 g/mol. The molecule has 1 heterocycles. The monoisotopic (exact) mass is 241 g/mol. The summed E-state index contributed by atoms with van der Waals surface area (Å²) in [5.74, 6) is 0.343. The van der Waals surface area contributed by atoms with Crippen molar-refractivity contribution in [3.8, 4) is 11.4 Å². The van der Waals surface area contributed by atoms with Crippen LogP contribution in [0.25, 0.3) is 22.4 Å². The SMILES string of the molecule is NCc1cccc(-c2nc3c(F)cccc3[nH]2)c1. The molecule has 0 aliphatic carbocycles. The summed E-state index contributed by atoms with van der Waals surface area (Å²) in [6.45, 7) is 0.475.